The van der Waals surface area contributed by atoms with Crippen molar-refractivity contribution >= 4 is 0 Å². The molecule has 0 heterocycles. The van der Waals surface area contributed by atoms with Gasteiger partial charge in [0.05, 0.1) is 6.07 Å². The zero-order valence-corrected chi connectivity index (χ0v) is 8.04. The maximum Gasteiger partial charge on any atom is 0.235 e. The third kappa shape index (κ3) is 1.28. The maximum atomic E-state index is 10.8. The molecule has 0 aromatic heterocycles. The third-order valence-electron chi connectivity index (χ3n) is 3.30. The molecule has 72 valence electrons. The molecule has 0 bridgehead atoms. The molecule has 13 heavy (non-hydrogen) atoms. The fourth-order valence-corrected chi connectivity index (χ4v) is 2.01. The highest BCUT2D eigenvalue weighted by Crippen LogP contribution is 2.47. The van der Waals surface area contributed by atoms with Crippen LogP contribution in [-0.2, 0) is 0 Å². The number of nitrogens with zero attached hydrogens (tertiary/aromatic N) is 2. The van der Waals surface area contributed by atoms with Crippen LogP contribution >= 0.6 is 0 Å². The van der Waals surface area contributed by atoms with E-state index in [-0.39, 0.29) is 4.92 Å². The van der Waals surface area contributed by atoms with Gasteiger partial charge in [0.1, 0.15) is 5.41 Å². The molecule has 4 nitrogen and oxygen atoms in total. The van der Waals surface area contributed by atoms with Crippen LogP contribution < -0.4 is 0 Å². The van der Waals surface area contributed by atoms with Crippen molar-refractivity contribution in [3.8, 4) is 6.07 Å². The largest absolute Gasteiger partial charge is 0.264 e. The fourth-order valence-electron chi connectivity index (χ4n) is 2.01. The van der Waals surface area contributed by atoms with Crippen molar-refractivity contribution in [2.45, 2.75) is 45.1 Å². The van der Waals surface area contributed by atoms with Gasteiger partial charge in [-0.15, -0.1) is 0 Å². The first-order valence-corrected chi connectivity index (χ1v) is 4.52. The second kappa shape index (κ2) is 2.99. The van der Waals surface area contributed by atoms with Gasteiger partial charge in [-0.2, -0.15) is 5.26 Å². The normalized spacial score (nSPS) is 21.0. The van der Waals surface area contributed by atoms with E-state index in [4.69, 9.17) is 5.26 Å². The average molecular weight is 182 g/mol. The predicted octanol–water partition coefficient (Wildman–Crippen LogP) is 2.13. The lowest BCUT2D eigenvalue weighted by Gasteiger charge is -2.30. The van der Waals surface area contributed by atoms with Crippen LogP contribution in [0.2, 0.25) is 0 Å². The summed E-state index contributed by atoms with van der Waals surface area (Å²) in [7, 11) is 0. The van der Waals surface area contributed by atoms with Gasteiger partial charge in [-0.05, 0) is 12.8 Å². The van der Waals surface area contributed by atoms with Gasteiger partial charge >= 0.3 is 0 Å². The third-order valence-corrected chi connectivity index (χ3v) is 3.30. The van der Waals surface area contributed by atoms with Crippen molar-refractivity contribution in [3.05, 3.63) is 10.1 Å². The highest BCUT2D eigenvalue weighted by Gasteiger charge is 2.56. The van der Waals surface area contributed by atoms with E-state index in [1.165, 1.54) is 0 Å². The molecule has 0 saturated heterocycles. The summed E-state index contributed by atoms with van der Waals surface area (Å²) in [6, 6.07) is 2.16. The van der Waals surface area contributed by atoms with E-state index in [1.807, 2.05) is 0 Å². The molecule has 1 fully saturated rings. The molecule has 0 aromatic carbocycles. The van der Waals surface area contributed by atoms with E-state index in [1.54, 1.807) is 13.8 Å². The van der Waals surface area contributed by atoms with Crippen LogP contribution in [0.25, 0.3) is 0 Å². The highest BCUT2D eigenvalue weighted by atomic mass is 16.6. The van der Waals surface area contributed by atoms with Gasteiger partial charge in [-0.3, -0.25) is 10.1 Å². The molecule has 0 aliphatic heterocycles. The number of nitro groups is 1. The fraction of sp³-hybridized carbons (Fsp3) is 0.889. The minimum absolute atomic E-state index is 0.318. The van der Waals surface area contributed by atoms with E-state index in [0.29, 0.717) is 12.8 Å². The summed E-state index contributed by atoms with van der Waals surface area (Å²) in [6.07, 6.45) is 3.20. The predicted molar refractivity (Wildman–Crippen MR) is 47.6 cm³/mol. The van der Waals surface area contributed by atoms with Gasteiger partial charge < -0.3 is 0 Å². The molecule has 1 rings (SSSR count). The minimum atomic E-state index is -1.11. The van der Waals surface area contributed by atoms with Crippen LogP contribution in [0.3, 0.4) is 0 Å². The highest BCUT2D eigenvalue weighted by molar-refractivity contribution is 5.10. The van der Waals surface area contributed by atoms with E-state index in [0.717, 1.165) is 12.8 Å². The summed E-state index contributed by atoms with van der Waals surface area (Å²) in [5.41, 5.74) is -1.85. The molecular formula is C9H14N2O2. The van der Waals surface area contributed by atoms with E-state index < -0.39 is 11.0 Å². The SMILES string of the molecule is CC(C)([N+](=O)[O-])C1(C#N)CCCC1. The smallest absolute Gasteiger partial charge is 0.235 e. The Morgan fingerprint density at radius 2 is 1.92 bits per heavy atom. The molecule has 0 unspecified atom stereocenters. The first-order chi connectivity index (χ1) is 5.96. The Kier molecular flexibility index (Phi) is 2.29. The van der Waals surface area contributed by atoms with Crippen LogP contribution in [-0.4, -0.2) is 10.5 Å². The Labute approximate surface area is 77.7 Å². The van der Waals surface area contributed by atoms with Crippen LogP contribution in [0, 0.1) is 26.9 Å². The average Bonchev–Trinajstić information content (AvgIpc) is 2.53. The van der Waals surface area contributed by atoms with Crippen molar-refractivity contribution in [1.82, 2.24) is 0 Å². The second-order valence-corrected chi connectivity index (χ2v) is 4.22. The molecule has 4 heteroatoms. The van der Waals surface area contributed by atoms with Gasteiger partial charge in [0.25, 0.3) is 0 Å². The summed E-state index contributed by atoms with van der Waals surface area (Å²) in [6.45, 7) is 3.11. The first kappa shape index (κ1) is 9.97. The van der Waals surface area contributed by atoms with Gasteiger partial charge in [-0.1, -0.05) is 12.8 Å². The van der Waals surface area contributed by atoms with Gasteiger partial charge in [0.15, 0.2) is 0 Å². The summed E-state index contributed by atoms with van der Waals surface area (Å²) in [5, 5.41) is 19.9. The lowest BCUT2D eigenvalue weighted by Crippen LogP contribution is -2.47. The number of nitriles is 1. The summed E-state index contributed by atoms with van der Waals surface area (Å²) >= 11 is 0. The van der Waals surface area contributed by atoms with Gasteiger partial charge in [0, 0.05) is 18.8 Å². The molecule has 0 amide bonds. The monoisotopic (exact) mass is 182 g/mol. The quantitative estimate of drug-likeness (QED) is 0.485. The Bertz CT molecular complexity index is 259. The van der Waals surface area contributed by atoms with Crippen LogP contribution in [0.1, 0.15) is 39.5 Å². The molecule has 1 saturated carbocycles. The zero-order chi connectivity index (χ0) is 10.1. The Morgan fingerprint density at radius 3 is 2.23 bits per heavy atom. The second-order valence-electron chi connectivity index (χ2n) is 4.22. The first-order valence-electron chi connectivity index (χ1n) is 4.52. The molecule has 0 spiro atoms. The lowest BCUT2D eigenvalue weighted by atomic mass is 9.71. The van der Waals surface area contributed by atoms with E-state index in [2.05, 4.69) is 6.07 Å². The lowest BCUT2D eigenvalue weighted by molar-refractivity contribution is -0.578. The van der Waals surface area contributed by atoms with Crippen LogP contribution in [0.4, 0.5) is 0 Å². The van der Waals surface area contributed by atoms with Crippen molar-refractivity contribution in [2.75, 3.05) is 0 Å². The summed E-state index contributed by atoms with van der Waals surface area (Å²) < 4.78 is 0. The molecule has 1 aliphatic rings. The molecular weight excluding hydrogens is 168 g/mol. The Hall–Kier alpha value is -1.11. The van der Waals surface area contributed by atoms with Crippen molar-refractivity contribution < 1.29 is 4.92 Å². The Balaban J connectivity index is 3.02. The number of hydrogen-bond acceptors (Lipinski definition) is 3. The van der Waals surface area contributed by atoms with Gasteiger partial charge in [-0.25, -0.2) is 0 Å². The summed E-state index contributed by atoms with van der Waals surface area (Å²) in [4.78, 5) is 10.5. The maximum absolute atomic E-state index is 10.8. The topological polar surface area (TPSA) is 66.9 Å². The van der Waals surface area contributed by atoms with Crippen molar-refractivity contribution in [2.24, 2.45) is 5.41 Å². The molecule has 0 N–H and O–H groups in total. The number of rotatable bonds is 2. The molecule has 0 radical (unpaired) electrons. The molecule has 0 aromatic rings. The summed E-state index contributed by atoms with van der Waals surface area (Å²) in [5.74, 6) is 0. The van der Waals surface area contributed by atoms with Crippen LogP contribution in [0.15, 0.2) is 0 Å². The molecule has 1 aliphatic carbocycles. The van der Waals surface area contributed by atoms with E-state index in [9.17, 15) is 10.1 Å². The van der Waals surface area contributed by atoms with Crippen molar-refractivity contribution in [1.29, 1.82) is 5.26 Å². The number of hydrogen-bond donors (Lipinski definition) is 0. The van der Waals surface area contributed by atoms with E-state index >= 15 is 0 Å². The minimum Gasteiger partial charge on any atom is -0.264 e. The Morgan fingerprint density at radius 1 is 1.46 bits per heavy atom. The van der Waals surface area contributed by atoms with Gasteiger partial charge in [0.2, 0.25) is 5.54 Å². The van der Waals surface area contributed by atoms with Crippen molar-refractivity contribution in [3.63, 3.8) is 0 Å². The zero-order valence-electron chi connectivity index (χ0n) is 8.04. The molecule has 0 atom stereocenters. The standard InChI is InChI=1S/C9H14N2O2/c1-8(2,11(12)13)9(7-10)5-3-4-6-9/h3-6H2,1-2H3. The van der Waals surface area contributed by atoms with Crippen LogP contribution in [0.5, 0.6) is 0 Å².